The molecule has 1 aliphatic heterocycles. The van der Waals surface area contributed by atoms with Gasteiger partial charge in [0.25, 0.3) is 0 Å². The first-order valence-electron chi connectivity index (χ1n) is 3.05. The molecule has 50 valence electrons. The van der Waals surface area contributed by atoms with Crippen molar-refractivity contribution >= 4 is 12.1 Å². The van der Waals surface area contributed by atoms with Crippen LogP contribution in [0, 0.1) is 11.1 Å². The number of carbonyl (C=O) groups is 1. The highest BCUT2D eigenvalue weighted by Gasteiger charge is 2.24. The number of carbonyl (C=O) groups excluding carboxylic acids is 1. The van der Waals surface area contributed by atoms with E-state index in [9.17, 15) is 10.0 Å². The molecule has 0 saturated heterocycles. The van der Waals surface area contributed by atoms with E-state index in [1.54, 1.807) is 6.92 Å². The molecule has 0 bridgehead atoms. The van der Waals surface area contributed by atoms with Crippen LogP contribution in [0.1, 0.15) is 19.8 Å². The molecule has 1 rings (SSSR count). The number of amides is 1. The number of hydrogen-bond donors (Lipinski definition) is 0. The maximum absolute atomic E-state index is 10.7. The lowest BCUT2D eigenvalue weighted by Gasteiger charge is -2.11. The largest absolute Gasteiger partial charge is 0.616 e. The van der Waals surface area contributed by atoms with E-state index in [4.69, 9.17) is 0 Å². The third-order valence-electron chi connectivity index (χ3n) is 1.53. The van der Waals surface area contributed by atoms with E-state index in [-0.39, 0.29) is 11.8 Å². The van der Waals surface area contributed by atoms with E-state index in [2.05, 4.69) is 0 Å². The van der Waals surface area contributed by atoms with Gasteiger partial charge in [0.05, 0.1) is 5.92 Å². The number of hydroxylamine groups is 1. The van der Waals surface area contributed by atoms with Crippen LogP contribution in [0.5, 0.6) is 0 Å². The lowest BCUT2D eigenvalue weighted by molar-refractivity contribution is -0.387. The van der Waals surface area contributed by atoms with Gasteiger partial charge < -0.3 is 5.21 Å². The second kappa shape index (κ2) is 2.17. The van der Waals surface area contributed by atoms with Gasteiger partial charge in [-0.2, -0.15) is 0 Å². The third kappa shape index (κ3) is 1.09. The highest BCUT2D eigenvalue weighted by atomic mass is 16.5. The fourth-order valence-corrected chi connectivity index (χ4v) is 0.872. The zero-order valence-electron chi connectivity index (χ0n) is 5.33. The van der Waals surface area contributed by atoms with Crippen LogP contribution < -0.4 is 0 Å². The average molecular weight is 127 g/mol. The van der Waals surface area contributed by atoms with Crippen LogP contribution in [-0.4, -0.2) is 16.9 Å². The van der Waals surface area contributed by atoms with Crippen molar-refractivity contribution in [3.8, 4) is 0 Å². The van der Waals surface area contributed by atoms with Crippen molar-refractivity contribution in [2.24, 2.45) is 5.92 Å². The number of hydrogen-bond acceptors (Lipinski definition) is 2. The van der Waals surface area contributed by atoms with Gasteiger partial charge in [0.2, 0.25) is 0 Å². The van der Waals surface area contributed by atoms with Crippen LogP contribution in [0.2, 0.25) is 0 Å². The Labute approximate surface area is 53.6 Å². The van der Waals surface area contributed by atoms with Gasteiger partial charge in [0.15, 0.2) is 6.21 Å². The SMILES string of the molecule is CC1CCC=[N+]([O-])C1=O. The molecule has 0 aromatic rings. The Kier molecular flexibility index (Phi) is 1.51. The molecular formula is C6H9NO2. The maximum atomic E-state index is 10.7. The van der Waals surface area contributed by atoms with Gasteiger partial charge in [0, 0.05) is 6.42 Å². The van der Waals surface area contributed by atoms with Crippen molar-refractivity contribution in [2.75, 3.05) is 0 Å². The summed E-state index contributed by atoms with van der Waals surface area (Å²) in [6.45, 7) is 1.78. The van der Waals surface area contributed by atoms with Crippen molar-refractivity contribution in [2.45, 2.75) is 19.8 Å². The summed E-state index contributed by atoms with van der Waals surface area (Å²) in [6.07, 6.45) is 2.94. The molecule has 3 nitrogen and oxygen atoms in total. The molecule has 1 amide bonds. The minimum absolute atomic E-state index is 0.0764. The molecule has 0 aromatic carbocycles. The molecular weight excluding hydrogens is 118 g/mol. The normalized spacial score (nSPS) is 27.9. The Morgan fingerprint density at radius 2 is 2.56 bits per heavy atom. The van der Waals surface area contributed by atoms with Crippen molar-refractivity contribution in [1.29, 1.82) is 0 Å². The zero-order chi connectivity index (χ0) is 6.85. The maximum Gasteiger partial charge on any atom is 0.400 e. The minimum atomic E-state index is -0.304. The summed E-state index contributed by atoms with van der Waals surface area (Å²) in [5, 5.41) is 10.5. The fraction of sp³-hybridized carbons (Fsp3) is 0.667. The molecule has 1 unspecified atom stereocenters. The summed E-state index contributed by atoms with van der Waals surface area (Å²) in [7, 11) is 0. The fourth-order valence-electron chi connectivity index (χ4n) is 0.872. The van der Waals surface area contributed by atoms with Crippen molar-refractivity contribution in [1.82, 2.24) is 0 Å². The first kappa shape index (κ1) is 6.26. The second-order valence-electron chi connectivity index (χ2n) is 2.33. The summed E-state index contributed by atoms with van der Waals surface area (Å²) in [4.78, 5) is 10.7. The van der Waals surface area contributed by atoms with Crippen LogP contribution in [0.3, 0.4) is 0 Å². The van der Waals surface area contributed by atoms with E-state index in [0.29, 0.717) is 4.74 Å². The second-order valence-corrected chi connectivity index (χ2v) is 2.33. The van der Waals surface area contributed by atoms with Gasteiger partial charge in [-0.1, -0.05) is 0 Å². The summed E-state index contributed by atoms with van der Waals surface area (Å²) < 4.78 is 0.439. The number of nitrogens with zero attached hydrogens (tertiary/aromatic N) is 1. The van der Waals surface area contributed by atoms with Crippen molar-refractivity contribution in [3.05, 3.63) is 5.21 Å². The van der Waals surface area contributed by atoms with E-state index >= 15 is 0 Å². The molecule has 1 heterocycles. The lowest BCUT2D eigenvalue weighted by atomic mass is 10.0. The molecule has 0 N–H and O–H groups in total. The molecule has 1 atom stereocenters. The average Bonchev–Trinajstić information content (AvgIpc) is 1.83. The monoisotopic (exact) mass is 127 g/mol. The molecule has 0 radical (unpaired) electrons. The molecule has 0 spiro atoms. The Morgan fingerprint density at radius 1 is 1.89 bits per heavy atom. The van der Waals surface area contributed by atoms with Gasteiger partial charge in [-0.25, -0.2) is 4.79 Å². The standard InChI is InChI=1S/C6H9NO2/c1-5-3-2-4-7(9)6(5)8/h4-5H,2-3H2,1H3. The Hall–Kier alpha value is -0.860. The third-order valence-corrected chi connectivity index (χ3v) is 1.53. The Morgan fingerprint density at radius 3 is 3.00 bits per heavy atom. The summed E-state index contributed by atoms with van der Waals surface area (Å²) in [6, 6.07) is 0. The van der Waals surface area contributed by atoms with Crippen LogP contribution in [-0.2, 0) is 4.79 Å². The van der Waals surface area contributed by atoms with E-state index in [1.165, 1.54) is 6.21 Å². The summed E-state index contributed by atoms with van der Waals surface area (Å²) in [5.41, 5.74) is 0. The minimum Gasteiger partial charge on any atom is -0.616 e. The van der Waals surface area contributed by atoms with E-state index in [0.717, 1.165) is 12.8 Å². The first-order valence-corrected chi connectivity index (χ1v) is 3.05. The highest BCUT2D eigenvalue weighted by molar-refractivity contribution is 5.77. The quantitative estimate of drug-likeness (QED) is 0.352. The van der Waals surface area contributed by atoms with Crippen molar-refractivity contribution < 1.29 is 9.53 Å². The van der Waals surface area contributed by atoms with Gasteiger partial charge in [0.1, 0.15) is 0 Å². The Balaban J connectivity index is 2.74. The van der Waals surface area contributed by atoms with E-state index in [1.807, 2.05) is 0 Å². The smallest absolute Gasteiger partial charge is 0.400 e. The molecule has 3 heteroatoms. The lowest BCUT2D eigenvalue weighted by Crippen LogP contribution is -2.27. The van der Waals surface area contributed by atoms with Gasteiger partial charge in [-0.05, 0) is 13.3 Å². The van der Waals surface area contributed by atoms with Gasteiger partial charge in [-0.15, -0.1) is 4.74 Å². The molecule has 0 aromatic heterocycles. The van der Waals surface area contributed by atoms with Gasteiger partial charge in [-0.3, -0.25) is 0 Å². The summed E-state index contributed by atoms with van der Waals surface area (Å²) in [5.74, 6) is -0.381. The van der Waals surface area contributed by atoms with Crippen molar-refractivity contribution in [3.63, 3.8) is 0 Å². The van der Waals surface area contributed by atoms with Crippen LogP contribution in [0.4, 0.5) is 0 Å². The Bertz CT molecular complexity index is 162. The highest BCUT2D eigenvalue weighted by Crippen LogP contribution is 2.09. The molecule has 0 fully saturated rings. The molecule has 9 heavy (non-hydrogen) atoms. The number of rotatable bonds is 0. The predicted octanol–water partition coefficient (Wildman–Crippen LogP) is 0.524. The first-order chi connectivity index (χ1) is 4.22. The van der Waals surface area contributed by atoms with Crippen LogP contribution in [0.25, 0.3) is 0 Å². The van der Waals surface area contributed by atoms with Crippen LogP contribution >= 0.6 is 0 Å². The van der Waals surface area contributed by atoms with E-state index < -0.39 is 0 Å². The topological polar surface area (TPSA) is 43.1 Å². The molecule has 0 aliphatic carbocycles. The van der Waals surface area contributed by atoms with Gasteiger partial charge >= 0.3 is 5.91 Å². The molecule has 0 saturated carbocycles. The zero-order valence-corrected chi connectivity index (χ0v) is 5.33. The van der Waals surface area contributed by atoms with Crippen LogP contribution in [0.15, 0.2) is 0 Å². The molecule has 1 aliphatic rings. The summed E-state index contributed by atoms with van der Waals surface area (Å²) >= 11 is 0. The predicted molar refractivity (Wildman–Crippen MR) is 33.1 cm³/mol.